The van der Waals surface area contributed by atoms with Crippen LogP contribution in [0.4, 0.5) is 0 Å². The molecule has 0 bridgehead atoms. The first-order chi connectivity index (χ1) is 7.27. The summed E-state index contributed by atoms with van der Waals surface area (Å²) in [5, 5.41) is 10.9. The fraction of sp³-hybridized carbons (Fsp3) is 0.385. The van der Waals surface area contributed by atoms with Gasteiger partial charge < -0.3 is 9.52 Å². The van der Waals surface area contributed by atoms with Crippen LogP contribution in [-0.4, -0.2) is 5.11 Å². The Morgan fingerprint density at radius 2 is 2.07 bits per heavy atom. The predicted molar refractivity (Wildman–Crippen MR) is 61.3 cm³/mol. The van der Waals surface area contributed by atoms with Crippen LogP contribution in [0.5, 0.6) is 5.75 Å². The van der Waals surface area contributed by atoms with E-state index in [1.807, 2.05) is 6.07 Å². The molecule has 1 N–H and O–H groups in total. The van der Waals surface area contributed by atoms with E-state index in [4.69, 9.17) is 4.42 Å². The Balaban J connectivity index is 2.66. The minimum atomic E-state index is 0.348. The Morgan fingerprint density at radius 1 is 1.27 bits per heavy atom. The Hall–Kier alpha value is -1.44. The SMILES string of the molecule is CCCc1c(O)ccc2c(CC)coc12. The number of benzene rings is 1. The molecule has 0 saturated heterocycles. The zero-order valence-electron chi connectivity index (χ0n) is 9.21. The zero-order valence-corrected chi connectivity index (χ0v) is 9.21. The number of rotatable bonds is 3. The molecule has 0 unspecified atom stereocenters. The van der Waals surface area contributed by atoms with Crippen molar-refractivity contribution in [3.8, 4) is 5.75 Å². The van der Waals surface area contributed by atoms with Crippen LogP contribution in [0.15, 0.2) is 22.8 Å². The van der Waals surface area contributed by atoms with Crippen molar-refractivity contribution < 1.29 is 9.52 Å². The van der Waals surface area contributed by atoms with Crippen LogP contribution in [0, 0.1) is 0 Å². The standard InChI is InChI=1S/C13H16O2/c1-3-5-11-12(14)7-6-10-9(4-2)8-15-13(10)11/h6-8,14H,3-5H2,1-2H3. The molecule has 0 spiro atoms. The van der Waals surface area contributed by atoms with Gasteiger partial charge in [0.05, 0.1) is 6.26 Å². The zero-order chi connectivity index (χ0) is 10.8. The van der Waals surface area contributed by atoms with Crippen LogP contribution in [0.25, 0.3) is 11.0 Å². The highest BCUT2D eigenvalue weighted by Gasteiger charge is 2.11. The summed E-state index contributed by atoms with van der Waals surface area (Å²) in [5.74, 6) is 0.348. The Bertz CT molecular complexity index is 469. The van der Waals surface area contributed by atoms with Crippen LogP contribution < -0.4 is 0 Å². The highest BCUT2D eigenvalue weighted by atomic mass is 16.3. The number of fused-ring (bicyclic) bond motifs is 1. The molecule has 0 saturated carbocycles. The summed E-state index contributed by atoms with van der Waals surface area (Å²) in [6, 6.07) is 3.70. The van der Waals surface area contributed by atoms with Crippen LogP contribution in [0.2, 0.25) is 0 Å². The van der Waals surface area contributed by atoms with E-state index in [-0.39, 0.29) is 0 Å². The molecule has 0 aliphatic heterocycles. The molecule has 1 aromatic carbocycles. The maximum atomic E-state index is 9.76. The van der Waals surface area contributed by atoms with E-state index in [1.54, 1.807) is 12.3 Å². The van der Waals surface area contributed by atoms with Crippen molar-refractivity contribution in [1.29, 1.82) is 0 Å². The monoisotopic (exact) mass is 204 g/mol. The van der Waals surface area contributed by atoms with Gasteiger partial charge in [-0.15, -0.1) is 0 Å². The Labute approximate surface area is 89.5 Å². The molecular weight excluding hydrogens is 188 g/mol. The highest BCUT2D eigenvalue weighted by molar-refractivity contribution is 5.85. The van der Waals surface area contributed by atoms with Gasteiger partial charge in [-0.05, 0) is 30.5 Å². The minimum absolute atomic E-state index is 0.348. The number of hydrogen-bond donors (Lipinski definition) is 1. The number of aromatic hydroxyl groups is 1. The summed E-state index contributed by atoms with van der Waals surface area (Å²) in [4.78, 5) is 0. The summed E-state index contributed by atoms with van der Waals surface area (Å²) in [6.45, 7) is 4.21. The molecule has 2 heteroatoms. The van der Waals surface area contributed by atoms with Gasteiger partial charge in [0, 0.05) is 10.9 Å². The van der Waals surface area contributed by atoms with Gasteiger partial charge in [0.15, 0.2) is 0 Å². The van der Waals surface area contributed by atoms with Gasteiger partial charge in [-0.1, -0.05) is 20.3 Å². The quantitative estimate of drug-likeness (QED) is 0.827. The highest BCUT2D eigenvalue weighted by Crippen LogP contribution is 2.31. The van der Waals surface area contributed by atoms with Gasteiger partial charge in [0.1, 0.15) is 11.3 Å². The number of hydrogen-bond acceptors (Lipinski definition) is 2. The first kappa shape index (κ1) is 10.1. The minimum Gasteiger partial charge on any atom is -0.508 e. The molecule has 1 aromatic heterocycles. The van der Waals surface area contributed by atoms with Gasteiger partial charge in [-0.25, -0.2) is 0 Å². The Kier molecular flexibility index (Phi) is 2.67. The van der Waals surface area contributed by atoms with Gasteiger partial charge >= 0.3 is 0 Å². The van der Waals surface area contributed by atoms with E-state index in [0.717, 1.165) is 35.8 Å². The summed E-state index contributed by atoms with van der Waals surface area (Å²) in [5.41, 5.74) is 3.01. The molecular formula is C13H16O2. The van der Waals surface area contributed by atoms with Crippen LogP contribution >= 0.6 is 0 Å². The molecule has 0 fully saturated rings. The van der Waals surface area contributed by atoms with E-state index in [2.05, 4.69) is 13.8 Å². The largest absolute Gasteiger partial charge is 0.508 e. The van der Waals surface area contributed by atoms with Crippen LogP contribution in [-0.2, 0) is 12.8 Å². The van der Waals surface area contributed by atoms with E-state index >= 15 is 0 Å². The molecule has 15 heavy (non-hydrogen) atoms. The fourth-order valence-corrected chi connectivity index (χ4v) is 1.96. The summed E-state index contributed by atoms with van der Waals surface area (Å²) in [7, 11) is 0. The topological polar surface area (TPSA) is 33.4 Å². The molecule has 2 aromatic rings. The lowest BCUT2D eigenvalue weighted by Crippen LogP contribution is -1.86. The van der Waals surface area contributed by atoms with E-state index in [9.17, 15) is 5.11 Å². The summed E-state index contributed by atoms with van der Waals surface area (Å²) < 4.78 is 5.54. The molecule has 1 heterocycles. The van der Waals surface area contributed by atoms with E-state index < -0.39 is 0 Å². The molecule has 0 atom stereocenters. The summed E-state index contributed by atoms with van der Waals surface area (Å²) >= 11 is 0. The fourth-order valence-electron chi connectivity index (χ4n) is 1.96. The lowest BCUT2D eigenvalue weighted by molar-refractivity contribution is 0.466. The average Bonchev–Trinajstić information content (AvgIpc) is 2.65. The van der Waals surface area contributed by atoms with Crippen LogP contribution in [0.3, 0.4) is 0 Å². The number of furan rings is 1. The smallest absolute Gasteiger partial charge is 0.141 e. The van der Waals surface area contributed by atoms with Gasteiger partial charge in [-0.3, -0.25) is 0 Å². The first-order valence-corrected chi connectivity index (χ1v) is 5.48. The first-order valence-electron chi connectivity index (χ1n) is 5.48. The lowest BCUT2D eigenvalue weighted by atomic mass is 10.0. The molecule has 0 aliphatic rings. The van der Waals surface area contributed by atoms with Crippen molar-refractivity contribution in [3.63, 3.8) is 0 Å². The number of aryl methyl sites for hydroxylation is 2. The number of phenolic OH excluding ortho intramolecular Hbond substituents is 1. The normalized spacial score (nSPS) is 11.1. The van der Waals surface area contributed by atoms with Crippen molar-refractivity contribution in [2.45, 2.75) is 33.1 Å². The van der Waals surface area contributed by atoms with E-state index in [1.165, 1.54) is 5.56 Å². The van der Waals surface area contributed by atoms with Gasteiger partial charge in [0.25, 0.3) is 0 Å². The third-order valence-electron chi connectivity index (χ3n) is 2.78. The predicted octanol–water partition coefficient (Wildman–Crippen LogP) is 3.65. The van der Waals surface area contributed by atoms with Crippen molar-refractivity contribution in [2.24, 2.45) is 0 Å². The third-order valence-corrected chi connectivity index (χ3v) is 2.78. The van der Waals surface area contributed by atoms with Crippen molar-refractivity contribution >= 4 is 11.0 Å². The maximum absolute atomic E-state index is 9.76. The molecule has 0 radical (unpaired) electrons. The number of phenols is 1. The third kappa shape index (κ3) is 1.60. The molecule has 80 valence electrons. The lowest BCUT2D eigenvalue weighted by Gasteiger charge is -2.03. The molecule has 2 rings (SSSR count). The second-order valence-corrected chi connectivity index (χ2v) is 3.80. The molecule has 0 amide bonds. The van der Waals surface area contributed by atoms with Crippen LogP contribution in [0.1, 0.15) is 31.4 Å². The average molecular weight is 204 g/mol. The van der Waals surface area contributed by atoms with Crippen molar-refractivity contribution in [1.82, 2.24) is 0 Å². The molecule has 2 nitrogen and oxygen atoms in total. The van der Waals surface area contributed by atoms with Crippen molar-refractivity contribution in [3.05, 3.63) is 29.5 Å². The van der Waals surface area contributed by atoms with E-state index in [0.29, 0.717) is 5.75 Å². The second kappa shape index (κ2) is 3.97. The maximum Gasteiger partial charge on any atom is 0.141 e. The second-order valence-electron chi connectivity index (χ2n) is 3.80. The summed E-state index contributed by atoms with van der Waals surface area (Å²) in [6.07, 6.45) is 4.63. The van der Waals surface area contributed by atoms with Crippen molar-refractivity contribution in [2.75, 3.05) is 0 Å². The van der Waals surface area contributed by atoms with Gasteiger partial charge in [0.2, 0.25) is 0 Å². The Morgan fingerprint density at radius 3 is 2.73 bits per heavy atom. The molecule has 0 aliphatic carbocycles. The van der Waals surface area contributed by atoms with Gasteiger partial charge in [-0.2, -0.15) is 0 Å².